The summed E-state index contributed by atoms with van der Waals surface area (Å²) in [7, 11) is -3.90. The molecule has 4 rings (SSSR count). The molecule has 0 N–H and O–H groups in total. The van der Waals surface area contributed by atoms with Crippen LogP contribution in [-0.4, -0.2) is 61.4 Å². The van der Waals surface area contributed by atoms with E-state index in [1.807, 2.05) is 0 Å². The van der Waals surface area contributed by atoms with Crippen LogP contribution in [0.25, 0.3) is 6.08 Å². The van der Waals surface area contributed by atoms with E-state index in [1.54, 1.807) is 18.2 Å². The van der Waals surface area contributed by atoms with Crippen molar-refractivity contribution in [2.75, 3.05) is 33.0 Å². The summed E-state index contributed by atoms with van der Waals surface area (Å²) in [6.07, 6.45) is 2.99. The Kier molecular flexibility index (Phi) is 6.04. The molecular formula is C20H18ClN3O7S. The predicted molar refractivity (Wildman–Crippen MR) is 115 cm³/mol. The molecule has 1 saturated heterocycles. The number of carbonyl (C=O) groups excluding carboxylic acids is 1. The van der Waals surface area contributed by atoms with Gasteiger partial charge in [0.2, 0.25) is 22.7 Å². The van der Waals surface area contributed by atoms with Crippen molar-refractivity contribution in [1.82, 2.24) is 9.21 Å². The van der Waals surface area contributed by atoms with Gasteiger partial charge in [0.1, 0.15) is 0 Å². The van der Waals surface area contributed by atoms with E-state index in [-0.39, 0.29) is 49.5 Å². The molecule has 168 valence electrons. The monoisotopic (exact) mass is 479 g/mol. The molecule has 32 heavy (non-hydrogen) atoms. The van der Waals surface area contributed by atoms with Gasteiger partial charge in [0.05, 0.1) is 14.8 Å². The maximum Gasteiger partial charge on any atom is 0.270 e. The van der Waals surface area contributed by atoms with Gasteiger partial charge >= 0.3 is 0 Å². The van der Waals surface area contributed by atoms with Crippen LogP contribution in [0.1, 0.15) is 5.56 Å². The number of rotatable bonds is 5. The molecule has 2 aromatic rings. The molecule has 1 fully saturated rings. The molecule has 2 aliphatic heterocycles. The van der Waals surface area contributed by atoms with Crippen molar-refractivity contribution in [3.05, 3.63) is 63.2 Å². The van der Waals surface area contributed by atoms with E-state index in [4.69, 9.17) is 21.1 Å². The molecule has 0 bridgehead atoms. The minimum atomic E-state index is -3.90. The van der Waals surface area contributed by atoms with Crippen molar-refractivity contribution in [2.45, 2.75) is 4.90 Å². The summed E-state index contributed by atoms with van der Waals surface area (Å²) < 4.78 is 37.4. The molecule has 2 aromatic carbocycles. The zero-order valence-electron chi connectivity index (χ0n) is 16.6. The van der Waals surface area contributed by atoms with E-state index >= 15 is 0 Å². The summed E-state index contributed by atoms with van der Waals surface area (Å²) in [6, 6.07) is 8.28. The van der Waals surface area contributed by atoms with Gasteiger partial charge in [-0.3, -0.25) is 14.9 Å². The lowest BCUT2D eigenvalue weighted by molar-refractivity contribution is -0.385. The number of hydrogen-bond acceptors (Lipinski definition) is 7. The summed E-state index contributed by atoms with van der Waals surface area (Å²) in [4.78, 5) is 24.2. The van der Waals surface area contributed by atoms with E-state index in [0.29, 0.717) is 22.1 Å². The Morgan fingerprint density at radius 2 is 1.88 bits per heavy atom. The second-order valence-electron chi connectivity index (χ2n) is 7.05. The van der Waals surface area contributed by atoms with Crippen molar-refractivity contribution in [3.63, 3.8) is 0 Å². The van der Waals surface area contributed by atoms with E-state index in [2.05, 4.69) is 0 Å². The summed E-state index contributed by atoms with van der Waals surface area (Å²) in [5, 5.41) is 11.3. The van der Waals surface area contributed by atoms with Gasteiger partial charge in [0, 0.05) is 44.4 Å². The molecule has 0 spiro atoms. The van der Waals surface area contributed by atoms with Crippen LogP contribution in [0.5, 0.6) is 11.5 Å². The largest absolute Gasteiger partial charge is 0.454 e. The minimum absolute atomic E-state index is 0.0838. The van der Waals surface area contributed by atoms with Crippen LogP contribution in [0.15, 0.2) is 47.4 Å². The molecule has 0 aromatic heterocycles. The van der Waals surface area contributed by atoms with E-state index in [1.165, 1.54) is 33.5 Å². The van der Waals surface area contributed by atoms with Crippen LogP contribution in [-0.2, 0) is 14.8 Å². The first-order chi connectivity index (χ1) is 15.3. The highest BCUT2D eigenvalue weighted by atomic mass is 35.5. The highest BCUT2D eigenvalue weighted by molar-refractivity contribution is 7.89. The number of sulfonamides is 1. The maximum absolute atomic E-state index is 12.8. The SMILES string of the molecule is O=C(/C=C/c1cc(Cl)c2c(c1)OCO2)N1CCN(S(=O)(=O)c2cccc([N+](=O)[O-])c2)CC1. The number of hydrogen-bond donors (Lipinski definition) is 0. The third-order valence-corrected chi connectivity index (χ3v) is 7.26. The van der Waals surface area contributed by atoms with E-state index < -0.39 is 14.9 Å². The van der Waals surface area contributed by atoms with Crippen LogP contribution in [0.2, 0.25) is 5.02 Å². The summed E-state index contributed by atoms with van der Waals surface area (Å²) >= 11 is 6.14. The number of benzene rings is 2. The lowest BCUT2D eigenvalue weighted by Crippen LogP contribution is -2.50. The number of carbonyl (C=O) groups is 1. The Hall–Kier alpha value is -3.15. The average Bonchev–Trinajstić information content (AvgIpc) is 3.27. The number of halogens is 1. The molecule has 0 aliphatic carbocycles. The molecule has 2 aliphatic rings. The van der Waals surface area contributed by atoms with Crippen molar-refractivity contribution < 1.29 is 27.6 Å². The second kappa shape index (κ2) is 8.77. The Bertz CT molecular complexity index is 1210. The predicted octanol–water partition coefficient (Wildman–Crippen LogP) is 2.52. The number of piperazine rings is 1. The summed E-state index contributed by atoms with van der Waals surface area (Å²) in [5.74, 6) is 0.701. The first kappa shape index (κ1) is 22.1. The van der Waals surface area contributed by atoms with Crippen molar-refractivity contribution >= 4 is 39.3 Å². The molecule has 1 amide bonds. The smallest absolute Gasteiger partial charge is 0.270 e. The average molecular weight is 480 g/mol. The highest BCUT2D eigenvalue weighted by Gasteiger charge is 2.30. The van der Waals surface area contributed by atoms with Gasteiger partial charge in [-0.2, -0.15) is 4.31 Å². The first-order valence-electron chi connectivity index (χ1n) is 9.56. The van der Waals surface area contributed by atoms with Crippen LogP contribution >= 0.6 is 11.6 Å². The highest BCUT2D eigenvalue weighted by Crippen LogP contribution is 2.40. The molecular weight excluding hydrogens is 462 g/mol. The molecule has 0 saturated carbocycles. The fourth-order valence-corrected chi connectivity index (χ4v) is 5.15. The lowest BCUT2D eigenvalue weighted by atomic mass is 10.2. The van der Waals surface area contributed by atoms with E-state index in [0.717, 1.165) is 6.07 Å². The number of nitro groups is 1. The summed E-state index contributed by atoms with van der Waals surface area (Å²) in [6.45, 7) is 0.643. The van der Waals surface area contributed by atoms with Gasteiger partial charge in [-0.15, -0.1) is 0 Å². The molecule has 0 atom stereocenters. The standard InChI is InChI=1S/C20H18ClN3O7S/c21-17-10-14(11-18-20(17)31-13-30-18)4-5-19(25)22-6-8-23(9-7-22)32(28,29)16-3-1-2-15(12-16)24(26)27/h1-5,10-12H,6-9,13H2/b5-4+. The number of amides is 1. The molecule has 10 nitrogen and oxygen atoms in total. The molecule has 12 heteroatoms. The lowest BCUT2D eigenvalue weighted by Gasteiger charge is -2.33. The van der Waals surface area contributed by atoms with Gasteiger partial charge in [-0.25, -0.2) is 8.42 Å². The maximum atomic E-state index is 12.8. The van der Waals surface area contributed by atoms with Crippen molar-refractivity contribution in [3.8, 4) is 11.5 Å². The van der Waals surface area contributed by atoms with Gasteiger partial charge in [-0.1, -0.05) is 17.7 Å². The number of nitrogens with zero attached hydrogens (tertiary/aromatic N) is 3. The summed E-state index contributed by atoms with van der Waals surface area (Å²) in [5.41, 5.74) is 0.369. The Morgan fingerprint density at radius 1 is 1.12 bits per heavy atom. The quantitative estimate of drug-likeness (QED) is 0.367. The van der Waals surface area contributed by atoms with Gasteiger partial charge in [-0.05, 0) is 29.8 Å². The Labute approximate surface area is 188 Å². The third kappa shape index (κ3) is 4.40. The topological polar surface area (TPSA) is 119 Å². The third-order valence-electron chi connectivity index (χ3n) is 5.08. The van der Waals surface area contributed by atoms with Gasteiger partial charge in [0.25, 0.3) is 5.69 Å². The minimum Gasteiger partial charge on any atom is -0.454 e. The van der Waals surface area contributed by atoms with E-state index in [9.17, 15) is 23.3 Å². The number of fused-ring (bicyclic) bond motifs is 1. The fraction of sp³-hybridized carbons (Fsp3) is 0.250. The van der Waals surface area contributed by atoms with Crippen LogP contribution in [0.3, 0.4) is 0 Å². The fourth-order valence-electron chi connectivity index (χ4n) is 3.41. The first-order valence-corrected chi connectivity index (χ1v) is 11.4. The Morgan fingerprint density at radius 3 is 2.59 bits per heavy atom. The zero-order valence-corrected chi connectivity index (χ0v) is 18.2. The van der Waals surface area contributed by atoms with Gasteiger partial charge in [0.15, 0.2) is 11.5 Å². The molecule has 2 heterocycles. The number of ether oxygens (including phenoxy) is 2. The van der Waals surface area contributed by atoms with Crippen molar-refractivity contribution in [2.24, 2.45) is 0 Å². The number of nitro benzene ring substituents is 1. The molecule has 0 radical (unpaired) electrons. The molecule has 0 unspecified atom stereocenters. The van der Waals surface area contributed by atoms with Gasteiger partial charge < -0.3 is 14.4 Å². The normalized spacial score (nSPS) is 16.5. The van der Waals surface area contributed by atoms with Crippen LogP contribution < -0.4 is 9.47 Å². The zero-order chi connectivity index (χ0) is 22.9. The Balaban J connectivity index is 1.40. The van der Waals surface area contributed by atoms with Crippen LogP contribution in [0, 0.1) is 10.1 Å². The van der Waals surface area contributed by atoms with Crippen molar-refractivity contribution in [1.29, 1.82) is 0 Å². The number of non-ortho nitro benzene ring substituents is 1. The van der Waals surface area contributed by atoms with Crippen LogP contribution in [0.4, 0.5) is 5.69 Å². The second-order valence-corrected chi connectivity index (χ2v) is 9.40.